The van der Waals surface area contributed by atoms with Gasteiger partial charge >= 0.3 is 5.97 Å². The summed E-state index contributed by atoms with van der Waals surface area (Å²) < 4.78 is 1.79. The predicted octanol–water partition coefficient (Wildman–Crippen LogP) is 4.94. The molecule has 1 aliphatic rings. The number of nitrogen functional groups attached to an aromatic ring is 1. The number of fused-ring (bicyclic) bond motifs is 2. The third kappa shape index (κ3) is 3.27. The van der Waals surface area contributed by atoms with Gasteiger partial charge in [-0.25, -0.2) is 14.5 Å². The van der Waals surface area contributed by atoms with Crippen LogP contribution in [0, 0.1) is 5.92 Å². The van der Waals surface area contributed by atoms with Crippen molar-refractivity contribution in [1.82, 2.24) is 24.6 Å². The number of aromatic nitrogens is 5. The molecule has 1 fully saturated rings. The number of thiophene rings is 1. The van der Waals surface area contributed by atoms with Gasteiger partial charge in [0.1, 0.15) is 23.4 Å². The number of imidazole rings is 1. The molecule has 1 aromatic carbocycles. The monoisotopic (exact) mass is 458 g/mol. The van der Waals surface area contributed by atoms with E-state index in [1.807, 2.05) is 0 Å². The zero-order valence-electron chi connectivity index (χ0n) is 17.7. The van der Waals surface area contributed by atoms with Crippen molar-refractivity contribution in [3.8, 4) is 21.8 Å². The highest BCUT2D eigenvalue weighted by atomic mass is 32.1. The van der Waals surface area contributed by atoms with Crippen LogP contribution in [0.5, 0.6) is 0 Å². The van der Waals surface area contributed by atoms with Crippen LogP contribution < -0.4 is 5.73 Å². The maximum absolute atomic E-state index is 11.4. The van der Waals surface area contributed by atoms with E-state index in [4.69, 9.17) is 10.7 Å². The molecular weight excluding hydrogens is 436 g/mol. The molecule has 0 spiro atoms. The van der Waals surface area contributed by atoms with Gasteiger partial charge < -0.3 is 15.8 Å². The minimum Gasteiger partial charge on any atom is -0.481 e. The molecular formula is C24H22N6O2S. The largest absolute Gasteiger partial charge is 0.481 e. The Morgan fingerprint density at radius 1 is 1.18 bits per heavy atom. The molecule has 4 aromatic heterocycles. The second kappa shape index (κ2) is 7.70. The summed E-state index contributed by atoms with van der Waals surface area (Å²) in [6.45, 7) is 0. The number of carboxylic acids is 1. The fourth-order valence-electron chi connectivity index (χ4n) is 4.95. The number of para-hydroxylation sites is 1. The molecule has 33 heavy (non-hydrogen) atoms. The zero-order chi connectivity index (χ0) is 22.5. The van der Waals surface area contributed by atoms with Crippen LogP contribution in [0.25, 0.3) is 38.2 Å². The van der Waals surface area contributed by atoms with Crippen molar-refractivity contribution in [2.45, 2.75) is 31.6 Å². The molecule has 0 unspecified atom stereocenters. The molecule has 0 amide bonds. The third-order valence-corrected chi connectivity index (χ3v) is 7.53. The lowest BCUT2D eigenvalue weighted by Gasteiger charge is -2.24. The predicted molar refractivity (Wildman–Crippen MR) is 128 cm³/mol. The van der Waals surface area contributed by atoms with Gasteiger partial charge in [-0.05, 0) is 43.2 Å². The molecule has 5 aromatic rings. The quantitative estimate of drug-likeness (QED) is 0.351. The fourth-order valence-corrected chi connectivity index (χ4v) is 5.71. The van der Waals surface area contributed by atoms with E-state index >= 15 is 0 Å². The average Bonchev–Trinajstić information content (AvgIpc) is 3.57. The molecule has 0 atom stereocenters. The number of hydrogen-bond donors (Lipinski definition) is 3. The Morgan fingerprint density at radius 2 is 2.03 bits per heavy atom. The molecule has 0 bridgehead atoms. The summed E-state index contributed by atoms with van der Waals surface area (Å²) in [4.78, 5) is 25.4. The molecule has 0 aliphatic heterocycles. The number of anilines is 1. The van der Waals surface area contributed by atoms with Crippen LogP contribution in [-0.2, 0) is 4.79 Å². The van der Waals surface area contributed by atoms with Crippen molar-refractivity contribution in [2.24, 2.45) is 5.92 Å². The highest BCUT2D eigenvalue weighted by Gasteiger charge is 2.31. The first-order chi connectivity index (χ1) is 16.1. The highest BCUT2D eigenvalue weighted by Crippen LogP contribution is 2.39. The van der Waals surface area contributed by atoms with E-state index in [-0.39, 0.29) is 11.8 Å². The van der Waals surface area contributed by atoms with Crippen LogP contribution in [0.15, 0.2) is 48.1 Å². The van der Waals surface area contributed by atoms with Gasteiger partial charge in [0.05, 0.1) is 17.1 Å². The topological polar surface area (TPSA) is 122 Å². The number of nitrogens with two attached hydrogens (primary N) is 1. The summed E-state index contributed by atoms with van der Waals surface area (Å²) in [6, 6.07) is 12.5. The summed E-state index contributed by atoms with van der Waals surface area (Å²) in [5.74, 6) is 0.316. The summed E-state index contributed by atoms with van der Waals surface area (Å²) >= 11 is 1.70. The summed E-state index contributed by atoms with van der Waals surface area (Å²) in [5, 5.41) is 17.0. The van der Waals surface area contributed by atoms with Crippen molar-refractivity contribution in [3.05, 3.63) is 53.9 Å². The van der Waals surface area contributed by atoms with E-state index < -0.39 is 5.97 Å². The first-order valence-electron chi connectivity index (χ1n) is 11.0. The lowest BCUT2D eigenvalue weighted by atomic mass is 9.82. The molecule has 0 radical (unpaired) electrons. The van der Waals surface area contributed by atoms with Crippen LogP contribution in [-0.4, -0.2) is 35.6 Å². The SMILES string of the molecule is Nc1ncnn2c(C3CCC(C(=O)O)CC3)nc(-c3cc4cccc(-c5cccs5)c4[nH]3)c12. The van der Waals surface area contributed by atoms with Gasteiger partial charge in [-0.3, -0.25) is 4.79 Å². The molecule has 1 aliphatic carbocycles. The smallest absolute Gasteiger partial charge is 0.306 e. The normalized spacial score (nSPS) is 18.8. The molecule has 6 rings (SSSR count). The van der Waals surface area contributed by atoms with Crippen LogP contribution in [0.4, 0.5) is 5.82 Å². The second-order valence-corrected chi connectivity index (χ2v) is 9.49. The van der Waals surface area contributed by atoms with Gasteiger partial charge in [0.2, 0.25) is 0 Å². The molecule has 1 saturated carbocycles. The highest BCUT2D eigenvalue weighted by molar-refractivity contribution is 7.13. The van der Waals surface area contributed by atoms with E-state index in [9.17, 15) is 9.90 Å². The maximum Gasteiger partial charge on any atom is 0.306 e. The first kappa shape index (κ1) is 19.9. The Morgan fingerprint density at radius 3 is 2.79 bits per heavy atom. The van der Waals surface area contributed by atoms with Crippen LogP contribution in [0.3, 0.4) is 0 Å². The van der Waals surface area contributed by atoms with Gasteiger partial charge in [0.25, 0.3) is 0 Å². The maximum atomic E-state index is 11.4. The summed E-state index contributed by atoms with van der Waals surface area (Å²) in [7, 11) is 0. The number of carboxylic acid groups (broad SMARTS) is 1. The zero-order valence-corrected chi connectivity index (χ0v) is 18.5. The number of aromatic amines is 1. The van der Waals surface area contributed by atoms with Gasteiger partial charge in [-0.2, -0.15) is 5.10 Å². The molecule has 9 heteroatoms. The number of H-pyrrole nitrogens is 1. The van der Waals surface area contributed by atoms with E-state index in [0.29, 0.717) is 24.2 Å². The minimum absolute atomic E-state index is 0.127. The van der Waals surface area contributed by atoms with E-state index in [0.717, 1.165) is 46.5 Å². The molecule has 4 heterocycles. The lowest BCUT2D eigenvalue weighted by Crippen LogP contribution is -2.21. The molecule has 8 nitrogen and oxygen atoms in total. The fraction of sp³-hybridized carbons (Fsp3) is 0.250. The van der Waals surface area contributed by atoms with Crippen molar-refractivity contribution < 1.29 is 9.90 Å². The number of carbonyl (C=O) groups is 1. The van der Waals surface area contributed by atoms with Crippen LogP contribution in [0.1, 0.15) is 37.4 Å². The number of rotatable bonds is 4. The Hall–Kier alpha value is -3.72. The van der Waals surface area contributed by atoms with Gasteiger partial charge in [-0.15, -0.1) is 11.3 Å². The molecule has 4 N–H and O–H groups in total. The number of benzene rings is 1. The third-order valence-electron chi connectivity index (χ3n) is 6.63. The molecule has 0 saturated heterocycles. The summed E-state index contributed by atoms with van der Waals surface area (Å²) in [5.41, 5.74) is 10.8. The molecule has 166 valence electrons. The van der Waals surface area contributed by atoms with Crippen molar-refractivity contribution >= 4 is 39.5 Å². The number of nitrogens with one attached hydrogen (secondary N) is 1. The van der Waals surface area contributed by atoms with E-state index in [1.54, 1.807) is 15.9 Å². The van der Waals surface area contributed by atoms with Crippen LogP contribution >= 0.6 is 11.3 Å². The van der Waals surface area contributed by atoms with E-state index in [2.05, 4.69) is 56.8 Å². The van der Waals surface area contributed by atoms with Gasteiger partial charge in [0.15, 0.2) is 5.82 Å². The standard InChI is InChI=1S/C24H22N6O2S/c25-22-21-20(17-11-15-3-1-4-16(19(15)28-17)18-5-2-10-33-18)29-23(30(21)27-12-26-22)13-6-8-14(9-7-13)24(31)32/h1-5,10-14,28H,6-9H2,(H,31,32)(H2,25,26,27). The van der Waals surface area contributed by atoms with Gasteiger partial charge in [-0.1, -0.05) is 24.3 Å². The number of hydrogen-bond acceptors (Lipinski definition) is 6. The average molecular weight is 459 g/mol. The Balaban J connectivity index is 1.48. The van der Waals surface area contributed by atoms with Crippen molar-refractivity contribution in [1.29, 1.82) is 0 Å². The van der Waals surface area contributed by atoms with Crippen LogP contribution in [0.2, 0.25) is 0 Å². The number of nitrogens with zero attached hydrogens (tertiary/aromatic N) is 4. The summed E-state index contributed by atoms with van der Waals surface area (Å²) in [6.07, 6.45) is 4.24. The Labute approximate surface area is 193 Å². The van der Waals surface area contributed by atoms with Gasteiger partial charge in [0, 0.05) is 21.7 Å². The van der Waals surface area contributed by atoms with E-state index in [1.165, 1.54) is 11.2 Å². The Bertz CT molecular complexity index is 1480. The number of aliphatic carboxylic acids is 1. The first-order valence-corrected chi connectivity index (χ1v) is 11.9. The van der Waals surface area contributed by atoms with Crippen molar-refractivity contribution in [2.75, 3.05) is 5.73 Å². The Kier molecular flexibility index (Phi) is 4.65. The minimum atomic E-state index is -0.715. The second-order valence-electron chi connectivity index (χ2n) is 8.54. The van der Waals surface area contributed by atoms with Crippen molar-refractivity contribution in [3.63, 3.8) is 0 Å². The lowest BCUT2D eigenvalue weighted by molar-refractivity contribution is -0.142.